The highest BCUT2D eigenvalue weighted by Gasteiger charge is 2.15. The molecule has 5 heteroatoms. The second-order valence-electron chi connectivity index (χ2n) is 6.41. The molecule has 0 aliphatic rings. The van der Waals surface area contributed by atoms with Crippen LogP contribution in [0, 0.1) is 6.92 Å². The first-order valence-corrected chi connectivity index (χ1v) is 9.85. The van der Waals surface area contributed by atoms with Crippen LogP contribution >= 0.6 is 0 Å². The Morgan fingerprint density at radius 2 is 1.68 bits per heavy atom. The van der Waals surface area contributed by atoms with Gasteiger partial charge in [-0.2, -0.15) is 0 Å². The zero-order chi connectivity index (χ0) is 18.3. The van der Waals surface area contributed by atoms with Crippen LogP contribution in [-0.4, -0.2) is 40.0 Å². The van der Waals surface area contributed by atoms with E-state index in [1.807, 2.05) is 68.4 Å². The van der Waals surface area contributed by atoms with Crippen LogP contribution in [0.15, 0.2) is 60.0 Å². The maximum atomic E-state index is 12.2. The zero-order valence-corrected chi connectivity index (χ0v) is 15.8. The molecule has 25 heavy (non-hydrogen) atoms. The normalized spacial score (nSPS) is 13.4. The van der Waals surface area contributed by atoms with Gasteiger partial charge in [0.25, 0.3) is 0 Å². The van der Waals surface area contributed by atoms with Crippen molar-refractivity contribution in [2.24, 2.45) is 0 Å². The van der Waals surface area contributed by atoms with E-state index in [-0.39, 0.29) is 6.04 Å². The SMILES string of the molecule is Cc1ccc(/C=C/S(=O)(=O)NCC(Cc2ccccc2)N(C)C)cc1. The van der Waals surface area contributed by atoms with Gasteiger partial charge in [0.05, 0.1) is 0 Å². The Morgan fingerprint density at radius 3 is 2.28 bits per heavy atom. The highest BCUT2D eigenvalue weighted by atomic mass is 32.2. The van der Waals surface area contributed by atoms with Crippen LogP contribution in [-0.2, 0) is 16.4 Å². The van der Waals surface area contributed by atoms with E-state index >= 15 is 0 Å². The lowest BCUT2D eigenvalue weighted by atomic mass is 10.1. The van der Waals surface area contributed by atoms with Gasteiger partial charge < -0.3 is 4.90 Å². The largest absolute Gasteiger partial charge is 0.305 e. The quantitative estimate of drug-likeness (QED) is 0.789. The van der Waals surface area contributed by atoms with E-state index in [4.69, 9.17) is 0 Å². The van der Waals surface area contributed by atoms with Crippen LogP contribution < -0.4 is 4.72 Å². The van der Waals surface area contributed by atoms with E-state index in [0.717, 1.165) is 17.5 Å². The maximum Gasteiger partial charge on any atom is 0.233 e. The second-order valence-corrected chi connectivity index (χ2v) is 8.06. The molecule has 0 bridgehead atoms. The Balaban J connectivity index is 1.97. The third-order valence-electron chi connectivity index (χ3n) is 4.08. The van der Waals surface area contributed by atoms with Gasteiger partial charge in [0.15, 0.2) is 0 Å². The summed E-state index contributed by atoms with van der Waals surface area (Å²) in [7, 11) is 0.457. The zero-order valence-electron chi connectivity index (χ0n) is 15.0. The predicted octanol–water partition coefficient (Wildman–Crippen LogP) is 3.06. The van der Waals surface area contributed by atoms with Crippen LogP contribution in [0.5, 0.6) is 0 Å². The standard InChI is InChI=1S/C20H26N2O2S/c1-17-9-11-18(12-10-17)13-14-25(23,24)21-16-20(22(2)3)15-19-7-5-4-6-8-19/h4-14,20-21H,15-16H2,1-3H3/b14-13+. The van der Waals surface area contributed by atoms with Gasteiger partial charge in [0.2, 0.25) is 10.0 Å². The average Bonchev–Trinajstić information content (AvgIpc) is 2.59. The van der Waals surface area contributed by atoms with Crippen molar-refractivity contribution < 1.29 is 8.42 Å². The molecule has 0 radical (unpaired) electrons. The molecule has 2 aromatic rings. The molecule has 1 N–H and O–H groups in total. The number of hydrogen-bond donors (Lipinski definition) is 1. The first kappa shape index (κ1) is 19.4. The topological polar surface area (TPSA) is 49.4 Å². The van der Waals surface area contributed by atoms with Crippen molar-refractivity contribution in [3.63, 3.8) is 0 Å². The fourth-order valence-electron chi connectivity index (χ4n) is 2.43. The van der Waals surface area contributed by atoms with Crippen molar-refractivity contribution in [2.45, 2.75) is 19.4 Å². The molecular formula is C20H26N2O2S. The number of nitrogens with zero attached hydrogens (tertiary/aromatic N) is 1. The lowest BCUT2D eigenvalue weighted by Gasteiger charge is -2.24. The van der Waals surface area contributed by atoms with Gasteiger partial charge in [-0.25, -0.2) is 13.1 Å². The number of nitrogens with one attached hydrogen (secondary N) is 1. The van der Waals surface area contributed by atoms with Gasteiger partial charge in [-0.15, -0.1) is 0 Å². The van der Waals surface area contributed by atoms with Crippen molar-refractivity contribution in [1.29, 1.82) is 0 Å². The van der Waals surface area contributed by atoms with E-state index in [1.54, 1.807) is 6.08 Å². The fraction of sp³-hybridized carbons (Fsp3) is 0.300. The van der Waals surface area contributed by atoms with Crippen molar-refractivity contribution >= 4 is 16.1 Å². The second kappa shape index (κ2) is 8.94. The summed E-state index contributed by atoms with van der Waals surface area (Å²) >= 11 is 0. The van der Waals surface area contributed by atoms with Crippen molar-refractivity contribution in [2.75, 3.05) is 20.6 Å². The third kappa shape index (κ3) is 6.82. The van der Waals surface area contributed by atoms with E-state index in [0.29, 0.717) is 6.54 Å². The van der Waals surface area contributed by atoms with Crippen molar-refractivity contribution in [3.05, 3.63) is 76.7 Å². The minimum atomic E-state index is -3.47. The van der Waals surface area contributed by atoms with Crippen LogP contribution in [0.2, 0.25) is 0 Å². The molecule has 0 aliphatic heterocycles. The summed E-state index contributed by atoms with van der Waals surface area (Å²) in [4.78, 5) is 2.04. The number of likely N-dealkylation sites (N-methyl/N-ethyl adjacent to an activating group) is 1. The van der Waals surface area contributed by atoms with Gasteiger partial charge in [0.1, 0.15) is 0 Å². The smallest absolute Gasteiger partial charge is 0.233 e. The molecule has 0 amide bonds. The van der Waals surface area contributed by atoms with Gasteiger partial charge in [-0.3, -0.25) is 0 Å². The van der Waals surface area contributed by atoms with Gasteiger partial charge in [0, 0.05) is 18.0 Å². The van der Waals surface area contributed by atoms with Gasteiger partial charge in [-0.05, 0) is 44.6 Å². The molecular weight excluding hydrogens is 332 g/mol. The van der Waals surface area contributed by atoms with Crippen molar-refractivity contribution in [3.8, 4) is 0 Å². The van der Waals surface area contributed by atoms with Crippen LogP contribution in [0.25, 0.3) is 6.08 Å². The van der Waals surface area contributed by atoms with E-state index < -0.39 is 10.0 Å². The molecule has 0 spiro atoms. The molecule has 2 rings (SSSR count). The van der Waals surface area contributed by atoms with Gasteiger partial charge in [-0.1, -0.05) is 60.2 Å². The van der Waals surface area contributed by atoms with Crippen LogP contribution in [0.4, 0.5) is 0 Å². The Morgan fingerprint density at radius 1 is 1.04 bits per heavy atom. The number of hydrogen-bond acceptors (Lipinski definition) is 3. The summed E-state index contributed by atoms with van der Waals surface area (Å²) in [6.07, 6.45) is 2.40. The van der Waals surface area contributed by atoms with Gasteiger partial charge >= 0.3 is 0 Å². The lowest BCUT2D eigenvalue weighted by Crippen LogP contribution is -2.41. The molecule has 0 heterocycles. The first-order valence-electron chi connectivity index (χ1n) is 8.30. The summed E-state index contributed by atoms with van der Waals surface area (Å²) < 4.78 is 27.2. The van der Waals surface area contributed by atoms with Crippen LogP contribution in [0.1, 0.15) is 16.7 Å². The number of sulfonamides is 1. The van der Waals surface area contributed by atoms with E-state index in [9.17, 15) is 8.42 Å². The molecule has 0 saturated carbocycles. The Kier molecular flexibility index (Phi) is 6.93. The first-order chi connectivity index (χ1) is 11.9. The number of benzene rings is 2. The Labute approximate surface area is 151 Å². The van der Waals surface area contributed by atoms with E-state index in [2.05, 4.69) is 16.9 Å². The lowest BCUT2D eigenvalue weighted by molar-refractivity contribution is 0.292. The molecule has 0 aliphatic carbocycles. The molecule has 0 fully saturated rings. The summed E-state index contributed by atoms with van der Waals surface area (Å²) in [6.45, 7) is 2.36. The van der Waals surface area contributed by atoms with E-state index in [1.165, 1.54) is 11.0 Å². The molecule has 1 atom stereocenters. The average molecular weight is 359 g/mol. The minimum Gasteiger partial charge on any atom is -0.305 e. The Bertz CT molecular complexity index is 782. The number of rotatable bonds is 8. The molecule has 2 aromatic carbocycles. The monoisotopic (exact) mass is 358 g/mol. The van der Waals surface area contributed by atoms with Crippen LogP contribution in [0.3, 0.4) is 0 Å². The minimum absolute atomic E-state index is 0.0879. The molecule has 0 saturated heterocycles. The summed E-state index contributed by atoms with van der Waals surface area (Å²) in [5.41, 5.74) is 3.20. The summed E-state index contributed by atoms with van der Waals surface area (Å²) in [5.74, 6) is 0. The summed E-state index contributed by atoms with van der Waals surface area (Å²) in [6, 6.07) is 17.9. The molecule has 4 nitrogen and oxygen atoms in total. The molecule has 0 aromatic heterocycles. The number of aryl methyl sites for hydroxylation is 1. The highest BCUT2D eigenvalue weighted by molar-refractivity contribution is 7.92. The summed E-state index contributed by atoms with van der Waals surface area (Å²) in [5, 5.41) is 1.23. The third-order valence-corrected chi connectivity index (χ3v) is 5.15. The van der Waals surface area contributed by atoms with Crippen molar-refractivity contribution in [1.82, 2.24) is 9.62 Å². The highest BCUT2D eigenvalue weighted by Crippen LogP contribution is 2.08. The molecule has 1 unspecified atom stereocenters. The molecule has 134 valence electrons. The predicted molar refractivity (Wildman–Crippen MR) is 105 cm³/mol. The fourth-order valence-corrected chi connectivity index (χ4v) is 3.29. The Hall–Kier alpha value is -1.95. The maximum absolute atomic E-state index is 12.2.